The summed E-state index contributed by atoms with van der Waals surface area (Å²) in [6, 6.07) is 8.08. The topological polar surface area (TPSA) is 9.23 Å². The maximum atomic E-state index is 5.74. The standard InChI is InChI=1S/C14H20O/c1-4-5-8-11-15-14-10-7-6-9-13(14)12(2)3/h6-7,9-10H,2,4-5,8,11H2,1,3H3. The highest BCUT2D eigenvalue weighted by Crippen LogP contribution is 2.24. The van der Waals surface area contributed by atoms with E-state index in [4.69, 9.17) is 4.74 Å². The third-order valence-corrected chi connectivity index (χ3v) is 2.35. The summed E-state index contributed by atoms with van der Waals surface area (Å²) in [6.45, 7) is 8.96. The largest absolute Gasteiger partial charge is 0.493 e. The fraction of sp³-hybridized carbons (Fsp3) is 0.429. The molecule has 0 atom stereocenters. The van der Waals surface area contributed by atoms with Gasteiger partial charge in [-0.2, -0.15) is 0 Å². The Morgan fingerprint density at radius 2 is 2.00 bits per heavy atom. The van der Waals surface area contributed by atoms with Crippen LogP contribution in [0.15, 0.2) is 30.8 Å². The van der Waals surface area contributed by atoms with Gasteiger partial charge in [-0.1, -0.05) is 44.5 Å². The van der Waals surface area contributed by atoms with Crippen molar-refractivity contribution in [1.29, 1.82) is 0 Å². The Morgan fingerprint density at radius 3 is 2.67 bits per heavy atom. The van der Waals surface area contributed by atoms with Gasteiger partial charge >= 0.3 is 0 Å². The monoisotopic (exact) mass is 204 g/mol. The van der Waals surface area contributed by atoms with Crippen molar-refractivity contribution >= 4 is 5.57 Å². The Bertz CT molecular complexity index is 315. The van der Waals surface area contributed by atoms with Gasteiger partial charge in [0.15, 0.2) is 0 Å². The highest BCUT2D eigenvalue weighted by Gasteiger charge is 2.02. The lowest BCUT2D eigenvalue weighted by Crippen LogP contribution is -1.99. The molecule has 82 valence electrons. The summed E-state index contributed by atoms with van der Waals surface area (Å²) in [5.74, 6) is 0.959. The molecule has 1 aromatic rings. The van der Waals surface area contributed by atoms with E-state index in [2.05, 4.69) is 19.6 Å². The van der Waals surface area contributed by atoms with Crippen LogP contribution < -0.4 is 4.74 Å². The molecule has 0 radical (unpaired) electrons. The maximum absolute atomic E-state index is 5.74. The maximum Gasteiger partial charge on any atom is 0.126 e. The van der Waals surface area contributed by atoms with Gasteiger partial charge in [-0.05, 0) is 25.0 Å². The molecule has 0 aromatic heterocycles. The Balaban J connectivity index is 2.56. The van der Waals surface area contributed by atoms with Gasteiger partial charge in [0.05, 0.1) is 6.61 Å². The molecule has 0 unspecified atom stereocenters. The zero-order valence-corrected chi connectivity index (χ0v) is 9.75. The molecular formula is C14H20O. The van der Waals surface area contributed by atoms with Gasteiger partial charge < -0.3 is 4.74 Å². The molecule has 0 heterocycles. The van der Waals surface area contributed by atoms with Crippen molar-refractivity contribution < 1.29 is 4.74 Å². The molecule has 0 saturated carbocycles. The van der Waals surface area contributed by atoms with E-state index in [0.717, 1.165) is 29.9 Å². The summed E-state index contributed by atoms with van der Waals surface area (Å²) in [5, 5.41) is 0. The first-order valence-electron chi connectivity index (χ1n) is 5.63. The van der Waals surface area contributed by atoms with E-state index >= 15 is 0 Å². The molecule has 0 N–H and O–H groups in total. The van der Waals surface area contributed by atoms with E-state index in [1.807, 2.05) is 25.1 Å². The van der Waals surface area contributed by atoms with Crippen molar-refractivity contribution in [3.63, 3.8) is 0 Å². The highest BCUT2D eigenvalue weighted by molar-refractivity contribution is 5.66. The van der Waals surface area contributed by atoms with Crippen molar-refractivity contribution in [2.45, 2.75) is 33.1 Å². The average Bonchev–Trinajstić information content (AvgIpc) is 2.25. The van der Waals surface area contributed by atoms with E-state index < -0.39 is 0 Å². The fourth-order valence-corrected chi connectivity index (χ4v) is 1.48. The summed E-state index contributed by atoms with van der Waals surface area (Å²) in [5.41, 5.74) is 2.18. The highest BCUT2D eigenvalue weighted by atomic mass is 16.5. The van der Waals surface area contributed by atoms with Crippen LogP contribution in [-0.4, -0.2) is 6.61 Å². The quantitative estimate of drug-likeness (QED) is 0.628. The van der Waals surface area contributed by atoms with E-state index in [0.29, 0.717) is 0 Å². The predicted octanol–water partition coefficient (Wildman–Crippen LogP) is 4.29. The van der Waals surface area contributed by atoms with Crippen molar-refractivity contribution in [2.75, 3.05) is 6.61 Å². The normalized spacial score (nSPS) is 10.0. The van der Waals surface area contributed by atoms with E-state index in [1.54, 1.807) is 0 Å². The third-order valence-electron chi connectivity index (χ3n) is 2.35. The second-order valence-corrected chi connectivity index (χ2v) is 3.83. The minimum atomic E-state index is 0.804. The molecule has 0 aliphatic heterocycles. The molecule has 0 bridgehead atoms. The van der Waals surface area contributed by atoms with Crippen LogP contribution in [0.2, 0.25) is 0 Å². The first kappa shape index (κ1) is 11.8. The molecular weight excluding hydrogens is 184 g/mol. The SMILES string of the molecule is C=C(C)c1ccccc1OCCCCC. The summed E-state index contributed by atoms with van der Waals surface area (Å²) in [6.07, 6.45) is 3.59. The minimum absolute atomic E-state index is 0.804. The van der Waals surface area contributed by atoms with E-state index in [-0.39, 0.29) is 0 Å². The van der Waals surface area contributed by atoms with Gasteiger partial charge in [0.1, 0.15) is 5.75 Å². The number of rotatable bonds is 6. The molecule has 0 fully saturated rings. The fourth-order valence-electron chi connectivity index (χ4n) is 1.48. The molecule has 1 rings (SSSR count). The van der Waals surface area contributed by atoms with Crippen LogP contribution in [0.4, 0.5) is 0 Å². The second kappa shape index (κ2) is 6.28. The number of hydrogen-bond donors (Lipinski definition) is 0. The zero-order valence-electron chi connectivity index (χ0n) is 9.75. The van der Waals surface area contributed by atoms with Crippen LogP contribution in [0.3, 0.4) is 0 Å². The van der Waals surface area contributed by atoms with Gasteiger partial charge in [0.2, 0.25) is 0 Å². The number of para-hydroxylation sites is 1. The van der Waals surface area contributed by atoms with Gasteiger partial charge in [-0.25, -0.2) is 0 Å². The van der Waals surface area contributed by atoms with Crippen molar-refractivity contribution in [3.8, 4) is 5.75 Å². The van der Waals surface area contributed by atoms with Gasteiger partial charge in [-0.3, -0.25) is 0 Å². The zero-order chi connectivity index (χ0) is 11.1. The number of benzene rings is 1. The van der Waals surface area contributed by atoms with Gasteiger partial charge in [-0.15, -0.1) is 0 Å². The lowest BCUT2D eigenvalue weighted by atomic mass is 10.1. The van der Waals surface area contributed by atoms with Crippen LogP contribution >= 0.6 is 0 Å². The predicted molar refractivity (Wildman–Crippen MR) is 66.2 cm³/mol. The first-order valence-corrected chi connectivity index (χ1v) is 5.63. The Hall–Kier alpha value is -1.24. The smallest absolute Gasteiger partial charge is 0.126 e. The molecule has 0 aliphatic rings. The average molecular weight is 204 g/mol. The summed E-state index contributed by atoms with van der Waals surface area (Å²) < 4.78 is 5.74. The molecule has 15 heavy (non-hydrogen) atoms. The third kappa shape index (κ3) is 3.78. The number of allylic oxidation sites excluding steroid dienone is 1. The summed E-state index contributed by atoms with van der Waals surface area (Å²) >= 11 is 0. The van der Waals surface area contributed by atoms with Crippen LogP contribution in [0, 0.1) is 0 Å². The minimum Gasteiger partial charge on any atom is -0.493 e. The molecule has 0 amide bonds. The van der Waals surface area contributed by atoms with Crippen LogP contribution in [0.1, 0.15) is 38.7 Å². The second-order valence-electron chi connectivity index (χ2n) is 3.83. The molecule has 1 aromatic carbocycles. The van der Waals surface area contributed by atoms with Crippen LogP contribution in [0.25, 0.3) is 5.57 Å². The summed E-state index contributed by atoms with van der Waals surface area (Å²) in [4.78, 5) is 0. The van der Waals surface area contributed by atoms with E-state index in [1.165, 1.54) is 12.8 Å². The Labute approximate surface area is 92.8 Å². The lowest BCUT2D eigenvalue weighted by molar-refractivity contribution is 0.305. The number of unbranched alkanes of at least 4 members (excludes halogenated alkanes) is 2. The Morgan fingerprint density at radius 1 is 1.27 bits per heavy atom. The van der Waals surface area contributed by atoms with Gasteiger partial charge in [0, 0.05) is 5.56 Å². The number of hydrogen-bond acceptors (Lipinski definition) is 1. The van der Waals surface area contributed by atoms with Crippen LogP contribution in [-0.2, 0) is 0 Å². The molecule has 0 aliphatic carbocycles. The van der Waals surface area contributed by atoms with Gasteiger partial charge in [0.25, 0.3) is 0 Å². The van der Waals surface area contributed by atoms with Crippen molar-refractivity contribution in [3.05, 3.63) is 36.4 Å². The van der Waals surface area contributed by atoms with Crippen molar-refractivity contribution in [2.24, 2.45) is 0 Å². The van der Waals surface area contributed by atoms with Crippen molar-refractivity contribution in [1.82, 2.24) is 0 Å². The lowest BCUT2D eigenvalue weighted by Gasteiger charge is -2.10. The first-order chi connectivity index (χ1) is 7.25. The molecule has 1 heteroatoms. The summed E-state index contributed by atoms with van der Waals surface area (Å²) in [7, 11) is 0. The molecule has 0 spiro atoms. The van der Waals surface area contributed by atoms with E-state index in [9.17, 15) is 0 Å². The molecule has 0 saturated heterocycles. The number of ether oxygens (including phenoxy) is 1. The molecule has 1 nitrogen and oxygen atoms in total. The van der Waals surface area contributed by atoms with Crippen LogP contribution in [0.5, 0.6) is 5.75 Å². The Kier molecular flexibility index (Phi) is 4.96.